The Balaban J connectivity index is 2.46. The smallest absolute Gasteiger partial charge is 0.252 e. The summed E-state index contributed by atoms with van der Waals surface area (Å²) in [7, 11) is -3.94. The van der Waals surface area contributed by atoms with Gasteiger partial charge in [0.05, 0.1) is 18.1 Å². The third kappa shape index (κ3) is 1.89. The Morgan fingerprint density at radius 1 is 1.28 bits per heavy atom. The largest absolute Gasteiger partial charge is 0.276 e. The maximum absolute atomic E-state index is 11.9. The highest BCUT2D eigenvalue weighted by Crippen LogP contribution is 2.34. The molecule has 1 aliphatic heterocycles. The SMILES string of the molecule is CS(=O)(=O)N1C(=O)C2C=CC(C(=O)Cl)=CC2C1=O. The number of rotatable bonds is 2. The number of amides is 2. The van der Waals surface area contributed by atoms with E-state index in [1.54, 1.807) is 0 Å². The quantitative estimate of drug-likeness (QED) is 0.519. The molecular weight excluding hydrogens is 282 g/mol. The number of fused-ring (bicyclic) bond motifs is 1. The van der Waals surface area contributed by atoms with Crippen LogP contribution in [-0.2, 0) is 24.4 Å². The first-order valence-electron chi connectivity index (χ1n) is 4.91. The summed E-state index contributed by atoms with van der Waals surface area (Å²) in [6.45, 7) is 0. The molecule has 0 N–H and O–H groups in total. The lowest BCUT2D eigenvalue weighted by molar-refractivity contribution is -0.133. The van der Waals surface area contributed by atoms with Crippen molar-refractivity contribution >= 4 is 38.7 Å². The van der Waals surface area contributed by atoms with E-state index in [4.69, 9.17) is 11.6 Å². The minimum absolute atomic E-state index is 0.0782. The van der Waals surface area contributed by atoms with E-state index >= 15 is 0 Å². The second-order valence-electron chi connectivity index (χ2n) is 4.01. The number of hydrogen-bond acceptors (Lipinski definition) is 5. The van der Waals surface area contributed by atoms with Gasteiger partial charge in [0.15, 0.2) is 0 Å². The van der Waals surface area contributed by atoms with Gasteiger partial charge in [-0.15, -0.1) is 0 Å². The van der Waals surface area contributed by atoms with E-state index in [2.05, 4.69) is 0 Å². The first-order chi connectivity index (χ1) is 8.23. The van der Waals surface area contributed by atoms with Crippen LogP contribution < -0.4 is 0 Å². The molecule has 1 fully saturated rings. The van der Waals surface area contributed by atoms with Crippen LogP contribution in [0.3, 0.4) is 0 Å². The normalized spacial score (nSPS) is 27.2. The highest BCUT2D eigenvalue weighted by Gasteiger charge is 2.50. The van der Waals surface area contributed by atoms with Crippen LogP contribution in [0.2, 0.25) is 0 Å². The van der Waals surface area contributed by atoms with Crippen molar-refractivity contribution in [3.63, 3.8) is 0 Å². The van der Waals surface area contributed by atoms with Gasteiger partial charge in [-0.2, -0.15) is 4.31 Å². The first kappa shape index (κ1) is 13.0. The molecule has 0 bridgehead atoms. The fourth-order valence-corrected chi connectivity index (χ4v) is 3.00. The zero-order valence-corrected chi connectivity index (χ0v) is 10.7. The van der Waals surface area contributed by atoms with E-state index in [-0.39, 0.29) is 9.88 Å². The number of sulfonamides is 1. The van der Waals surface area contributed by atoms with E-state index in [1.807, 2.05) is 0 Å². The molecule has 2 atom stereocenters. The van der Waals surface area contributed by atoms with Crippen molar-refractivity contribution in [3.8, 4) is 0 Å². The average molecular weight is 290 g/mol. The van der Waals surface area contributed by atoms with Crippen molar-refractivity contribution in [2.24, 2.45) is 11.8 Å². The second-order valence-corrected chi connectivity index (χ2v) is 6.18. The molecule has 0 aromatic carbocycles. The molecule has 2 unspecified atom stereocenters. The van der Waals surface area contributed by atoms with Gasteiger partial charge < -0.3 is 0 Å². The van der Waals surface area contributed by atoms with Crippen molar-refractivity contribution in [2.75, 3.05) is 6.26 Å². The molecule has 8 heteroatoms. The van der Waals surface area contributed by atoms with Crippen LogP contribution in [-0.4, -0.2) is 36.0 Å². The van der Waals surface area contributed by atoms with Crippen LogP contribution in [0, 0.1) is 11.8 Å². The number of carbonyl (C=O) groups is 3. The molecule has 0 saturated carbocycles. The number of nitrogens with zero attached hydrogens (tertiary/aromatic N) is 1. The molecule has 2 amide bonds. The Hall–Kier alpha value is -1.47. The Morgan fingerprint density at radius 2 is 1.83 bits per heavy atom. The summed E-state index contributed by atoms with van der Waals surface area (Å²) in [4.78, 5) is 34.6. The Kier molecular flexibility index (Phi) is 2.90. The highest BCUT2D eigenvalue weighted by molar-refractivity contribution is 7.89. The number of hydrogen-bond donors (Lipinski definition) is 0. The molecule has 18 heavy (non-hydrogen) atoms. The molecule has 96 valence electrons. The predicted molar refractivity (Wildman–Crippen MR) is 61.8 cm³/mol. The second kappa shape index (κ2) is 4.03. The van der Waals surface area contributed by atoms with Crippen LogP contribution in [0.25, 0.3) is 0 Å². The number of allylic oxidation sites excluding steroid dienone is 2. The fourth-order valence-electron chi connectivity index (χ4n) is 1.98. The van der Waals surface area contributed by atoms with Gasteiger partial charge in [0.2, 0.25) is 10.0 Å². The van der Waals surface area contributed by atoms with Gasteiger partial charge in [-0.25, -0.2) is 8.42 Å². The van der Waals surface area contributed by atoms with Gasteiger partial charge in [0, 0.05) is 5.57 Å². The van der Waals surface area contributed by atoms with Crippen molar-refractivity contribution in [3.05, 3.63) is 23.8 Å². The summed E-state index contributed by atoms with van der Waals surface area (Å²) in [6.07, 6.45) is 4.64. The first-order valence-corrected chi connectivity index (χ1v) is 7.14. The maximum Gasteiger partial charge on any atom is 0.252 e. The van der Waals surface area contributed by atoms with Gasteiger partial charge in [0.25, 0.3) is 17.1 Å². The zero-order chi connectivity index (χ0) is 13.7. The molecule has 1 saturated heterocycles. The third-order valence-electron chi connectivity index (χ3n) is 2.76. The van der Waals surface area contributed by atoms with E-state index in [0.29, 0.717) is 0 Å². The van der Waals surface area contributed by atoms with Crippen LogP contribution in [0.15, 0.2) is 23.8 Å². The van der Waals surface area contributed by atoms with E-state index in [9.17, 15) is 22.8 Å². The summed E-state index contributed by atoms with van der Waals surface area (Å²) in [5.41, 5.74) is 0.0782. The molecule has 1 aliphatic carbocycles. The number of halogens is 1. The molecule has 2 rings (SSSR count). The zero-order valence-electron chi connectivity index (χ0n) is 9.16. The summed E-state index contributed by atoms with van der Waals surface area (Å²) in [5, 5.41) is -0.761. The summed E-state index contributed by atoms with van der Waals surface area (Å²) in [6, 6.07) is 0. The lowest BCUT2D eigenvalue weighted by Crippen LogP contribution is -2.36. The minimum Gasteiger partial charge on any atom is -0.276 e. The Bertz CT molecular complexity index is 618. The van der Waals surface area contributed by atoms with Crippen molar-refractivity contribution in [1.82, 2.24) is 4.31 Å². The van der Waals surface area contributed by atoms with Crippen molar-refractivity contribution < 1.29 is 22.8 Å². The summed E-state index contributed by atoms with van der Waals surface area (Å²) in [5.74, 6) is -3.52. The minimum atomic E-state index is -3.94. The molecular formula is C10H8ClNO5S. The number of imide groups is 1. The lowest BCUT2D eigenvalue weighted by Gasteiger charge is -2.12. The molecule has 2 aliphatic rings. The standard InChI is InChI=1S/C10H8ClNO5S/c1-18(16,17)12-9(14)6-3-2-5(8(11)13)4-7(6)10(12)15/h2-4,6-7H,1H3. The molecule has 0 radical (unpaired) electrons. The van der Waals surface area contributed by atoms with Gasteiger partial charge >= 0.3 is 0 Å². The lowest BCUT2D eigenvalue weighted by atomic mass is 9.88. The van der Waals surface area contributed by atoms with Gasteiger partial charge in [-0.3, -0.25) is 14.4 Å². The third-order valence-corrected chi connectivity index (χ3v) is 4.00. The fraction of sp³-hybridized carbons (Fsp3) is 0.300. The van der Waals surface area contributed by atoms with Crippen LogP contribution >= 0.6 is 11.6 Å². The van der Waals surface area contributed by atoms with Crippen LogP contribution in [0.4, 0.5) is 0 Å². The monoisotopic (exact) mass is 289 g/mol. The van der Waals surface area contributed by atoms with E-state index in [1.165, 1.54) is 18.2 Å². The van der Waals surface area contributed by atoms with Crippen molar-refractivity contribution in [2.45, 2.75) is 0 Å². The molecule has 0 aromatic rings. The Morgan fingerprint density at radius 3 is 2.33 bits per heavy atom. The highest BCUT2D eigenvalue weighted by atomic mass is 35.5. The summed E-state index contributed by atoms with van der Waals surface area (Å²) >= 11 is 5.27. The van der Waals surface area contributed by atoms with E-state index < -0.39 is 38.9 Å². The summed E-state index contributed by atoms with van der Waals surface area (Å²) < 4.78 is 23.0. The topological polar surface area (TPSA) is 88.6 Å². The van der Waals surface area contributed by atoms with Gasteiger partial charge in [-0.05, 0) is 11.6 Å². The van der Waals surface area contributed by atoms with Crippen LogP contribution in [0.1, 0.15) is 0 Å². The molecule has 0 spiro atoms. The van der Waals surface area contributed by atoms with Gasteiger partial charge in [-0.1, -0.05) is 18.2 Å². The predicted octanol–water partition coefficient (Wildman–Crippen LogP) is -0.191. The molecule has 1 heterocycles. The van der Waals surface area contributed by atoms with Crippen molar-refractivity contribution in [1.29, 1.82) is 0 Å². The molecule has 6 nitrogen and oxygen atoms in total. The molecule has 0 aromatic heterocycles. The van der Waals surface area contributed by atoms with E-state index in [0.717, 1.165) is 6.26 Å². The average Bonchev–Trinajstić information content (AvgIpc) is 2.50. The van der Waals surface area contributed by atoms with Crippen LogP contribution in [0.5, 0.6) is 0 Å². The Labute approximate surface area is 108 Å². The maximum atomic E-state index is 11.9. The number of carbonyl (C=O) groups excluding carboxylic acids is 3. The van der Waals surface area contributed by atoms with Gasteiger partial charge in [0.1, 0.15) is 0 Å².